The van der Waals surface area contributed by atoms with Crippen LogP contribution in [0.1, 0.15) is 16.7 Å². The molecule has 0 spiro atoms. The van der Waals surface area contributed by atoms with Crippen molar-refractivity contribution in [2.45, 2.75) is 19.5 Å². The molecular weight excluding hydrogens is 372 g/mol. The van der Waals surface area contributed by atoms with Crippen LogP contribution in [0, 0.1) is 0 Å². The highest BCUT2D eigenvalue weighted by atomic mass is 16.5. The molecule has 2 amide bonds. The number of amides is 2. The van der Waals surface area contributed by atoms with Gasteiger partial charge in [0, 0.05) is 58.9 Å². The van der Waals surface area contributed by atoms with Crippen LogP contribution in [0.3, 0.4) is 0 Å². The van der Waals surface area contributed by atoms with Crippen molar-refractivity contribution in [3.8, 4) is 0 Å². The Kier molecular flexibility index (Phi) is 6.32. The standard InChI is InChI=1S/C21H30N4O4/c26-20(16-23-9-11-29-12-10-23)24-7-5-22(6-8-24)14-17-1-2-19-15-25(21(27)28)4-3-18(19)13-17/h1-2,13H,3-12,14-16H2,(H,27,28). The number of benzene rings is 1. The van der Waals surface area contributed by atoms with E-state index < -0.39 is 6.09 Å². The van der Waals surface area contributed by atoms with Crippen LogP contribution in [-0.4, -0.2) is 102 Å². The predicted molar refractivity (Wildman–Crippen MR) is 108 cm³/mol. The third-order valence-corrected chi connectivity index (χ3v) is 6.15. The highest BCUT2D eigenvalue weighted by Crippen LogP contribution is 2.21. The predicted octanol–water partition coefficient (Wildman–Crippen LogP) is 0.699. The third-order valence-electron chi connectivity index (χ3n) is 6.15. The number of nitrogens with zero attached hydrogens (tertiary/aromatic N) is 4. The van der Waals surface area contributed by atoms with Gasteiger partial charge in [-0.3, -0.25) is 14.6 Å². The van der Waals surface area contributed by atoms with Crippen molar-refractivity contribution >= 4 is 12.0 Å². The van der Waals surface area contributed by atoms with Gasteiger partial charge in [-0.1, -0.05) is 18.2 Å². The summed E-state index contributed by atoms with van der Waals surface area (Å²) in [5.41, 5.74) is 3.64. The Morgan fingerprint density at radius 2 is 1.66 bits per heavy atom. The summed E-state index contributed by atoms with van der Waals surface area (Å²) in [6, 6.07) is 6.41. The molecule has 8 heteroatoms. The van der Waals surface area contributed by atoms with Crippen molar-refractivity contribution in [3.05, 3.63) is 34.9 Å². The van der Waals surface area contributed by atoms with Gasteiger partial charge in [0.1, 0.15) is 0 Å². The molecule has 1 aromatic carbocycles. The fourth-order valence-electron chi connectivity index (χ4n) is 4.33. The van der Waals surface area contributed by atoms with E-state index in [-0.39, 0.29) is 5.91 Å². The summed E-state index contributed by atoms with van der Waals surface area (Å²) in [5.74, 6) is 0.225. The van der Waals surface area contributed by atoms with Gasteiger partial charge in [0.15, 0.2) is 0 Å². The third kappa shape index (κ3) is 5.07. The Morgan fingerprint density at radius 3 is 2.38 bits per heavy atom. The molecule has 0 bridgehead atoms. The smallest absolute Gasteiger partial charge is 0.407 e. The molecular formula is C21H30N4O4. The van der Waals surface area contributed by atoms with E-state index in [2.05, 4.69) is 28.0 Å². The summed E-state index contributed by atoms with van der Waals surface area (Å²) in [6.45, 7) is 8.88. The molecule has 2 fully saturated rings. The molecule has 29 heavy (non-hydrogen) atoms. The van der Waals surface area contributed by atoms with Crippen molar-refractivity contribution in [1.82, 2.24) is 19.6 Å². The van der Waals surface area contributed by atoms with E-state index in [0.29, 0.717) is 19.6 Å². The topological polar surface area (TPSA) is 76.6 Å². The highest BCUT2D eigenvalue weighted by molar-refractivity contribution is 5.78. The Morgan fingerprint density at radius 1 is 0.897 bits per heavy atom. The van der Waals surface area contributed by atoms with Gasteiger partial charge < -0.3 is 19.6 Å². The Hall–Kier alpha value is -2.16. The van der Waals surface area contributed by atoms with Gasteiger partial charge in [0.2, 0.25) is 5.91 Å². The molecule has 3 aliphatic rings. The first-order valence-corrected chi connectivity index (χ1v) is 10.5. The molecule has 3 aliphatic heterocycles. The number of hydrogen-bond acceptors (Lipinski definition) is 5. The summed E-state index contributed by atoms with van der Waals surface area (Å²) < 4.78 is 5.35. The van der Waals surface area contributed by atoms with Gasteiger partial charge in [0.25, 0.3) is 0 Å². The van der Waals surface area contributed by atoms with Crippen molar-refractivity contribution < 1.29 is 19.4 Å². The monoisotopic (exact) mass is 402 g/mol. The van der Waals surface area contributed by atoms with Crippen LogP contribution in [0.4, 0.5) is 4.79 Å². The minimum absolute atomic E-state index is 0.225. The first kappa shape index (κ1) is 20.1. The summed E-state index contributed by atoms with van der Waals surface area (Å²) in [4.78, 5) is 31.7. The summed E-state index contributed by atoms with van der Waals surface area (Å²) in [5, 5.41) is 9.17. The molecule has 1 aromatic rings. The molecule has 0 aromatic heterocycles. The van der Waals surface area contributed by atoms with E-state index in [0.717, 1.165) is 71.0 Å². The van der Waals surface area contributed by atoms with E-state index in [9.17, 15) is 14.7 Å². The summed E-state index contributed by atoms with van der Waals surface area (Å²) in [7, 11) is 0. The second-order valence-electron chi connectivity index (χ2n) is 8.10. The normalized spacial score (nSPS) is 21.1. The highest BCUT2D eigenvalue weighted by Gasteiger charge is 2.24. The fraction of sp³-hybridized carbons (Fsp3) is 0.619. The van der Waals surface area contributed by atoms with Gasteiger partial charge in [-0.15, -0.1) is 0 Å². The van der Waals surface area contributed by atoms with Crippen LogP contribution in [0.2, 0.25) is 0 Å². The SMILES string of the molecule is O=C(O)N1CCc2cc(CN3CCN(C(=O)CN4CCOCC4)CC3)ccc2C1. The first-order valence-electron chi connectivity index (χ1n) is 10.5. The minimum atomic E-state index is -0.847. The van der Waals surface area contributed by atoms with E-state index in [4.69, 9.17) is 4.74 Å². The second-order valence-corrected chi connectivity index (χ2v) is 8.10. The molecule has 8 nitrogen and oxygen atoms in total. The van der Waals surface area contributed by atoms with E-state index in [1.807, 2.05) is 4.90 Å². The maximum atomic E-state index is 12.5. The molecule has 158 valence electrons. The molecule has 0 unspecified atom stereocenters. The lowest BCUT2D eigenvalue weighted by Gasteiger charge is -2.36. The molecule has 0 saturated carbocycles. The Bertz CT molecular complexity index is 742. The van der Waals surface area contributed by atoms with E-state index >= 15 is 0 Å². The Labute approximate surface area is 171 Å². The van der Waals surface area contributed by atoms with Crippen molar-refractivity contribution in [1.29, 1.82) is 0 Å². The number of fused-ring (bicyclic) bond motifs is 1. The molecule has 4 rings (SSSR count). The lowest BCUT2D eigenvalue weighted by atomic mass is 9.97. The van der Waals surface area contributed by atoms with Crippen molar-refractivity contribution in [2.24, 2.45) is 0 Å². The van der Waals surface area contributed by atoms with Crippen molar-refractivity contribution in [2.75, 3.05) is 65.6 Å². The number of carboxylic acid groups (broad SMARTS) is 1. The van der Waals surface area contributed by atoms with Gasteiger partial charge in [-0.2, -0.15) is 0 Å². The van der Waals surface area contributed by atoms with Crippen LogP contribution < -0.4 is 0 Å². The number of hydrogen-bond donors (Lipinski definition) is 1. The van der Waals surface area contributed by atoms with Crippen LogP contribution >= 0.6 is 0 Å². The van der Waals surface area contributed by atoms with Gasteiger partial charge in [-0.25, -0.2) is 4.79 Å². The number of morpholine rings is 1. The quantitative estimate of drug-likeness (QED) is 0.799. The number of rotatable bonds is 4. The molecule has 0 radical (unpaired) electrons. The minimum Gasteiger partial charge on any atom is -0.465 e. The molecule has 0 aliphatic carbocycles. The number of ether oxygens (including phenoxy) is 1. The lowest BCUT2D eigenvalue weighted by Crippen LogP contribution is -2.52. The zero-order valence-corrected chi connectivity index (χ0v) is 16.9. The van der Waals surface area contributed by atoms with Crippen molar-refractivity contribution in [3.63, 3.8) is 0 Å². The first-order chi connectivity index (χ1) is 14.1. The molecule has 2 saturated heterocycles. The molecule has 3 heterocycles. The van der Waals surface area contributed by atoms with Crippen LogP contribution in [0.5, 0.6) is 0 Å². The zero-order valence-electron chi connectivity index (χ0n) is 16.9. The van der Waals surface area contributed by atoms with E-state index in [1.54, 1.807) is 0 Å². The van der Waals surface area contributed by atoms with Gasteiger partial charge in [0.05, 0.1) is 19.8 Å². The number of piperazine rings is 1. The van der Waals surface area contributed by atoms with E-state index in [1.165, 1.54) is 16.0 Å². The maximum absolute atomic E-state index is 12.5. The van der Waals surface area contributed by atoms with Gasteiger partial charge >= 0.3 is 6.09 Å². The lowest BCUT2D eigenvalue weighted by molar-refractivity contribution is -0.135. The van der Waals surface area contributed by atoms with Crippen LogP contribution in [-0.2, 0) is 29.0 Å². The van der Waals surface area contributed by atoms with Crippen LogP contribution in [0.15, 0.2) is 18.2 Å². The average molecular weight is 402 g/mol. The largest absolute Gasteiger partial charge is 0.465 e. The summed E-state index contributed by atoms with van der Waals surface area (Å²) >= 11 is 0. The number of carbonyl (C=O) groups is 2. The van der Waals surface area contributed by atoms with Gasteiger partial charge in [-0.05, 0) is 23.1 Å². The second kappa shape index (κ2) is 9.11. The maximum Gasteiger partial charge on any atom is 0.407 e. The molecule has 0 atom stereocenters. The number of carbonyl (C=O) groups excluding carboxylic acids is 1. The zero-order chi connectivity index (χ0) is 20.2. The molecule has 1 N–H and O–H groups in total. The fourth-order valence-corrected chi connectivity index (χ4v) is 4.33. The summed E-state index contributed by atoms with van der Waals surface area (Å²) in [6.07, 6.45) is -0.0694. The van der Waals surface area contributed by atoms with Crippen LogP contribution in [0.25, 0.3) is 0 Å². The average Bonchev–Trinajstić information content (AvgIpc) is 2.74. The Balaban J connectivity index is 1.25.